The Morgan fingerprint density at radius 3 is 2.08 bits per heavy atom. The van der Waals surface area contributed by atoms with Crippen LogP contribution in [0.25, 0.3) is 0 Å². The average molecular weight is 566 g/mol. The summed E-state index contributed by atoms with van der Waals surface area (Å²) in [5.74, 6) is -0.283. The lowest BCUT2D eigenvalue weighted by atomic mass is 10.1. The Balaban J connectivity index is 2.05. The van der Waals surface area contributed by atoms with Crippen LogP contribution in [-0.2, 0) is 26.2 Å². The minimum atomic E-state index is -4.13. The first kappa shape index (κ1) is 30.7. The second kappa shape index (κ2) is 12.6. The summed E-state index contributed by atoms with van der Waals surface area (Å²) in [4.78, 5) is 28.7. The van der Waals surface area contributed by atoms with Crippen LogP contribution in [0.4, 0.5) is 5.69 Å². The van der Waals surface area contributed by atoms with E-state index in [-0.39, 0.29) is 17.3 Å². The van der Waals surface area contributed by atoms with Gasteiger partial charge in [-0.05, 0) is 89.1 Å². The van der Waals surface area contributed by atoms with Gasteiger partial charge in [0.25, 0.3) is 10.0 Å². The van der Waals surface area contributed by atoms with Crippen molar-refractivity contribution in [2.75, 3.05) is 18.0 Å². The highest BCUT2D eigenvalue weighted by atomic mass is 32.2. The normalized spacial score (nSPS) is 12.4. The molecule has 0 aliphatic heterocycles. The van der Waals surface area contributed by atoms with E-state index in [1.807, 2.05) is 58.9 Å². The first-order chi connectivity index (χ1) is 18.7. The van der Waals surface area contributed by atoms with Crippen molar-refractivity contribution >= 4 is 27.5 Å². The number of amides is 2. The molecule has 0 saturated heterocycles. The molecule has 3 aromatic carbocycles. The standard InChI is InChI=1S/C31H39N3O5S/c1-22-12-18-28(19-13-22)40(37,38)34(26-14-16-27(39-7)17-15-26)21-29(35)33(20-25-11-9-8-10-23(25)2)24(3)30(36)32-31(4,5)6/h8-19,24H,20-21H2,1-7H3,(H,32,36)/t24-/m1/s1. The van der Waals surface area contributed by atoms with E-state index in [2.05, 4.69) is 5.32 Å². The molecule has 0 aliphatic carbocycles. The van der Waals surface area contributed by atoms with Crippen LogP contribution in [0.2, 0.25) is 0 Å². The number of nitrogens with one attached hydrogen (secondary N) is 1. The highest BCUT2D eigenvalue weighted by Crippen LogP contribution is 2.27. The molecule has 8 nitrogen and oxygen atoms in total. The van der Waals surface area contributed by atoms with Gasteiger partial charge in [-0.15, -0.1) is 0 Å². The second-order valence-electron chi connectivity index (χ2n) is 10.9. The monoisotopic (exact) mass is 565 g/mol. The van der Waals surface area contributed by atoms with Crippen molar-refractivity contribution in [1.29, 1.82) is 0 Å². The van der Waals surface area contributed by atoms with Crippen molar-refractivity contribution in [3.63, 3.8) is 0 Å². The van der Waals surface area contributed by atoms with Gasteiger partial charge in [-0.3, -0.25) is 13.9 Å². The smallest absolute Gasteiger partial charge is 0.264 e. The largest absolute Gasteiger partial charge is 0.497 e. The van der Waals surface area contributed by atoms with Gasteiger partial charge < -0.3 is 15.0 Å². The van der Waals surface area contributed by atoms with E-state index in [0.717, 1.165) is 21.0 Å². The molecular weight excluding hydrogens is 526 g/mol. The van der Waals surface area contributed by atoms with Crippen LogP contribution in [-0.4, -0.2) is 50.4 Å². The van der Waals surface area contributed by atoms with Crippen molar-refractivity contribution in [1.82, 2.24) is 10.2 Å². The summed E-state index contributed by atoms with van der Waals surface area (Å²) in [5, 5.41) is 2.94. The van der Waals surface area contributed by atoms with Crippen molar-refractivity contribution in [2.45, 2.75) is 64.6 Å². The van der Waals surface area contributed by atoms with Crippen molar-refractivity contribution in [3.05, 3.63) is 89.5 Å². The lowest BCUT2D eigenvalue weighted by Crippen LogP contribution is -2.54. The number of hydrogen-bond donors (Lipinski definition) is 1. The number of aryl methyl sites for hydroxylation is 2. The molecular formula is C31H39N3O5S. The molecule has 9 heteroatoms. The quantitative estimate of drug-likeness (QED) is 0.380. The molecule has 1 N–H and O–H groups in total. The average Bonchev–Trinajstić information content (AvgIpc) is 2.90. The fourth-order valence-corrected chi connectivity index (χ4v) is 5.56. The van der Waals surface area contributed by atoms with Gasteiger partial charge >= 0.3 is 0 Å². The number of rotatable bonds is 10. The zero-order valence-corrected chi connectivity index (χ0v) is 25.1. The second-order valence-corrected chi connectivity index (χ2v) is 12.7. The number of carbonyl (C=O) groups is 2. The Labute approximate surface area is 238 Å². The number of sulfonamides is 1. The van der Waals surface area contributed by atoms with Crippen molar-refractivity contribution in [3.8, 4) is 5.75 Å². The molecule has 0 spiro atoms. The van der Waals surface area contributed by atoms with Crippen LogP contribution in [0, 0.1) is 13.8 Å². The van der Waals surface area contributed by atoms with Gasteiger partial charge in [-0.1, -0.05) is 42.0 Å². The molecule has 3 rings (SSSR count). The maximum absolute atomic E-state index is 14.0. The molecule has 3 aromatic rings. The van der Waals surface area contributed by atoms with Gasteiger partial charge in [0.2, 0.25) is 11.8 Å². The Hall–Kier alpha value is -3.85. The summed E-state index contributed by atoms with van der Waals surface area (Å²) in [5.41, 5.74) is 2.53. The fourth-order valence-electron chi connectivity index (χ4n) is 4.14. The zero-order chi connectivity index (χ0) is 29.7. The summed E-state index contributed by atoms with van der Waals surface area (Å²) < 4.78 is 34.1. The van der Waals surface area contributed by atoms with E-state index in [1.54, 1.807) is 43.3 Å². The number of carbonyl (C=O) groups excluding carboxylic acids is 2. The Kier molecular flexibility index (Phi) is 9.63. The topological polar surface area (TPSA) is 96.0 Å². The molecule has 1 atom stereocenters. The van der Waals surface area contributed by atoms with E-state index < -0.39 is 34.1 Å². The summed E-state index contributed by atoms with van der Waals surface area (Å²) in [7, 11) is -2.61. The van der Waals surface area contributed by atoms with Crippen LogP contribution in [0.3, 0.4) is 0 Å². The summed E-state index contributed by atoms with van der Waals surface area (Å²) >= 11 is 0. The number of anilines is 1. The number of benzene rings is 3. The van der Waals surface area contributed by atoms with Gasteiger partial charge in [0.05, 0.1) is 17.7 Å². The minimum absolute atomic E-state index is 0.0608. The molecule has 0 radical (unpaired) electrons. The van der Waals surface area contributed by atoms with Crippen molar-refractivity contribution in [2.24, 2.45) is 0 Å². The predicted octanol–water partition coefficient (Wildman–Crippen LogP) is 4.84. The van der Waals surface area contributed by atoms with Crippen LogP contribution in [0.15, 0.2) is 77.7 Å². The highest BCUT2D eigenvalue weighted by Gasteiger charge is 2.33. The summed E-state index contributed by atoms with van der Waals surface area (Å²) in [6.07, 6.45) is 0. The van der Waals surface area contributed by atoms with Crippen LogP contribution in [0.1, 0.15) is 44.4 Å². The third-order valence-electron chi connectivity index (χ3n) is 6.52. The number of nitrogens with zero attached hydrogens (tertiary/aromatic N) is 2. The van der Waals surface area contributed by atoms with Gasteiger partial charge in [-0.2, -0.15) is 0 Å². The summed E-state index contributed by atoms with van der Waals surface area (Å²) in [6, 6.07) is 19.7. The van der Waals surface area contributed by atoms with E-state index in [1.165, 1.54) is 24.1 Å². The first-order valence-electron chi connectivity index (χ1n) is 13.1. The maximum Gasteiger partial charge on any atom is 0.264 e. The maximum atomic E-state index is 14.0. The molecule has 2 amide bonds. The fraction of sp³-hybridized carbons (Fsp3) is 0.355. The van der Waals surface area contributed by atoms with E-state index in [9.17, 15) is 18.0 Å². The molecule has 0 saturated carbocycles. The van der Waals surface area contributed by atoms with Gasteiger partial charge in [0.15, 0.2) is 0 Å². The van der Waals surface area contributed by atoms with Crippen LogP contribution in [0.5, 0.6) is 5.75 Å². The molecule has 0 fully saturated rings. The third-order valence-corrected chi connectivity index (χ3v) is 8.30. The highest BCUT2D eigenvalue weighted by molar-refractivity contribution is 7.92. The van der Waals surface area contributed by atoms with E-state index in [4.69, 9.17) is 4.74 Å². The molecule has 0 aromatic heterocycles. The third kappa shape index (κ3) is 7.63. The zero-order valence-electron chi connectivity index (χ0n) is 24.3. The Bertz CT molecular complexity index is 1430. The van der Waals surface area contributed by atoms with E-state index >= 15 is 0 Å². The van der Waals surface area contributed by atoms with Gasteiger partial charge in [-0.25, -0.2) is 8.42 Å². The van der Waals surface area contributed by atoms with E-state index in [0.29, 0.717) is 11.4 Å². The summed E-state index contributed by atoms with van der Waals surface area (Å²) in [6.45, 7) is 10.7. The van der Waals surface area contributed by atoms with Crippen LogP contribution < -0.4 is 14.4 Å². The first-order valence-corrected chi connectivity index (χ1v) is 14.6. The molecule has 40 heavy (non-hydrogen) atoms. The SMILES string of the molecule is COc1ccc(N(CC(=O)N(Cc2ccccc2C)[C@H](C)C(=O)NC(C)(C)C)S(=O)(=O)c2ccc(C)cc2)cc1. The molecule has 0 aliphatic rings. The minimum Gasteiger partial charge on any atom is -0.497 e. The van der Waals surface area contributed by atoms with Gasteiger partial charge in [0, 0.05) is 12.1 Å². The molecule has 0 unspecified atom stereocenters. The van der Waals surface area contributed by atoms with Crippen molar-refractivity contribution < 1.29 is 22.7 Å². The number of methoxy groups -OCH3 is 1. The molecule has 0 heterocycles. The lowest BCUT2D eigenvalue weighted by Gasteiger charge is -2.33. The number of ether oxygens (including phenoxy) is 1. The van der Waals surface area contributed by atoms with Crippen LogP contribution >= 0.6 is 0 Å². The molecule has 214 valence electrons. The van der Waals surface area contributed by atoms with Gasteiger partial charge in [0.1, 0.15) is 18.3 Å². The Morgan fingerprint density at radius 2 is 1.52 bits per heavy atom. The predicted molar refractivity (Wildman–Crippen MR) is 158 cm³/mol. The lowest BCUT2D eigenvalue weighted by molar-refractivity contribution is -0.140. The molecule has 0 bridgehead atoms. The Morgan fingerprint density at radius 1 is 0.925 bits per heavy atom. The number of hydrogen-bond acceptors (Lipinski definition) is 5.